The molecule has 1 saturated carbocycles. The van der Waals surface area contributed by atoms with E-state index >= 15 is 0 Å². The van der Waals surface area contributed by atoms with Crippen LogP contribution in [0.2, 0.25) is 0 Å². The zero-order valence-electron chi connectivity index (χ0n) is 20.0. The Balaban J connectivity index is 1.13. The number of thiazole rings is 1. The summed E-state index contributed by atoms with van der Waals surface area (Å²) in [6.07, 6.45) is 5.86. The molecule has 1 saturated heterocycles. The topological polar surface area (TPSA) is 95.8 Å². The van der Waals surface area contributed by atoms with Crippen LogP contribution in [0, 0.1) is 0 Å². The number of amides is 1. The van der Waals surface area contributed by atoms with Gasteiger partial charge in [-0.25, -0.2) is 19.9 Å². The van der Waals surface area contributed by atoms with Crippen LogP contribution in [0.25, 0.3) is 33.7 Å². The van der Waals surface area contributed by atoms with Gasteiger partial charge in [0.1, 0.15) is 22.8 Å². The number of hydrogen-bond acceptors (Lipinski definition) is 7. The molecular formula is C26H26N8OS. The van der Waals surface area contributed by atoms with Crippen LogP contribution in [-0.4, -0.2) is 66.0 Å². The van der Waals surface area contributed by atoms with Crippen molar-refractivity contribution in [3.8, 4) is 11.5 Å². The molecule has 1 aliphatic carbocycles. The van der Waals surface area contributed by atoms with Crippen LogP contribution in [0.15, 0.2) is 48.9 Å². The SMILES string of the molecule is C[C@@H]1CN(c2sc(C3CC3)nc2-c2nc3ccccc3[nH]2)CCN1C(=O)Cn1cnc2cccnc21. The van der Waals surface area contributed by atoms with Crippen LogP contribution in [0.3, 0.4) is 0 Å². The van der Waals surface area contributed by atoms with Gasteiger partial charge in [0.05, 0.1) is 22.4 Å². The third-order valence-corrected chi connectivity index (χ3v) is 8.36. The van der Waals surface area contributed by atoms with Gasteiger partial charge in [0.2, 0.25) is 5.91 Å². The summed E-state index contributed by atoms with van der Waals surface area (Å²) in [5.74, 6) is 1.48. The first-order chi connectivity index (χ1) is 17.6. The fourth-order valence-electron chi connectivity index (χ4n) is 5.03. The number of para-hydroxylation sites is 2. The summed E-state index contributed by atoms with van der Waals surface area (Å²) < 4.78 is 1.83. The standard InChI is InChI=1S/C26H26N8OS/c1-16-13-32(11-12-34(16)21(35)14-33-15-28-20-7-4-10-27-24(20)33)26-22(31-25(36-26)17-8-9-17)23-29-18-5-2-3-6-19(18)30-23/h2-7,10,15-17H,8-9,11-14H2,1H3,(H,29,30)/t16-/m1/s1. The van der Waals surface area contributed by atoms with Gasteiger partial charge in [0.15, 0.2) is 11.5 Å². The highest BCUT2D eigenvalue weighted by Gasteiger charge is 2.34. The van der Waals surface area contributed by atoms with Crippen molar-refractivity contribution in [1.82, 2.24) is 34.4 Å². The second-order valence-electron chi connectivity index (χ2n) is 9.68. The first-order valence-electron chi connectivity index (χ1n) is 12.4. The average molecular weight is 499 g/mol. The lowest BCUT2D eigenvalue weighted by Crippen LogP contribution is -2.54. The van der Waals surface area contributed by atoms with Crippen LogP contribution in [-0.2, 0) is 11.3 Å². The number of anilines is 1. The molecule has 5 aromatic rings. The lowest BCUT2D eigenvalue weighted by molar-refractivity contribution is -0.134. The molecule has 1 atom stereocenters. The van der Waals surface area contributed by atoms with E-state index in [0.29, 0.717) is 12.5 Å². The van der Waals surface area contributed by atoms with Crippen LogP contribution in [0.1, 0.15) is 30.7 Å². The fourth-order valence-corrected chi connectivity index (χ4v) is 6.30. The van der Waals surface area contributed by atoms with E-state index in [-0.39, 0.29) is 18.5 Å². The summed E-state index contributed by atoms with van der Waals surface area (Å²) in [7, 11) is 0. The molecule has 1 aliphatic heterocycles. The molecule has 1 amide bonds. The molecule has 5 heterocycles. The molecule has 0 unspecified atom stereocenters. The van der Waals surface area contributed by atoms with Crippen LogP contribution in [0.4, 0.5) is 5.00 Å². The summed E-state index contributed by atoms with van der Waals surface area (Å²) in [4.78, 5) is 39.8. The normalized spacial score (nSPS) is 18.4. The molecule has 2 aliphatic rings. The summed E-state index contributed by atoms with van der Waals surface area (Å²) in [5.41, 5.74) is 4.44. The number of imidazole rings is 2. The minimum absolute atomic E-state index is 0.0731. The number of carbonyl (C=O) groups excluding carboxylic acids is 1. The van der Waals surface area contributed by atoms with Gasteiger partial charge in [-0.15, -0.1) is 11.3 Å². The molecule has 1 aromatic carbocycles. The minimum Gasteiger partial charge on any atom is -0.358 e. The molecule has 4 aromatic heterocycles. The Hall–Kier alpha value is -3.79. The van der Waals surface area contributed by atoms with Crippen molar-refractivity contribution in [3.05, 3.63) is 53.9 Å². The minimum atomic E-state index is 0.0731. The smallest absolute Gasteiger partial charge is 0.242 e. The Morgan fingerprint density at radius 3 is 2.78 bits per heavy atom. The van der Waals surface area contributed by atoms with Crippen molar-refractivity contribution >= 4 is 44.4 Å². The van der Waals surface area contributed by atoms with E-state index in [1.165, 1.54) is 17.8 Å². The molecule has 0 spiro atoms. The average Bonchev–Trinajstić information content (AvgIpc) is 3.32. The largest absolute Gasteiger partial charge is 0.358 e. The van der Waals surface area contributed by atoms with Crippen molar-refractivity contribution in [3.63, 3.8) is 0 Å². The first kappa shape index (κ1) is 21.5. The summed E-state index contributed by atoms with van der Waals surface area (Å²) in [6.45, 7) is 4.55. The molecule has 2 fully saturated rings. The Morgan fingerprint density at radius 1 is 1.08 bits per heavy atom. The third-order valence-electron chi connectivity index (χ3n) is 7.08. The number of benzene rings is 1. The predicted molar refractivity (Wildman–Crippen MR) is 140 cm³/mol. The third kappa shape index (κ3) is 3.72. The molecule has 182 valence electrons. The summed E-state index contributed by atoms with van der Waals surface area (Å²) >= 11 is 1.79. The van der Waals surface area contributed by atoms with Gasteiger partial charge >= 0.3 is 0 Å². The van der Waals surface area contributed by atoms with Crippen molar-refractivity contribution in [2.45, 2.75) is 38.3 Å². The number of rotatable bonds is 5. The highest BCUT2D eigenvalue weighted by Crippen LogP contribution is 2.47. The van der Waals surface area contributed by atoms with Crippen LogP contribution >= 0.6 is 11.3 Å². The summed E-state index contributed by atoms with van der Waals surface area (Å²) in [5, 5.41) is 2.35. The van der Waals surface area contributed by atoms with E-state index in [4.69, 9.17) is 9.97 Å². The van der Waals surface area contributed by atoms with Gasteiger partial charge in [-0.2, -0.15) is 0 Å². The summed E-state index contributed by atoms with van der Waals surface area (Å²) in [6, 6.07) is 11.9. The second-order valence-corrected chi connectivity index (χ2v) is 10.7. The lowest BCUT2D eigenvalue weighted by Gasteiger charge is -2.40. The molecule has 36 heavy (non-hydrogen) atoms. The lowest BCUT2D eigenvalue weighted by atomic mass is 10.2. The van der Waals surface area contributed by atoms with Crippen molar-refractivity contribution in [2.24, 2.45) is 0 Å². The zero-order chi connectivity index (χ0) is 24.2. The second kappa shape index (κ2) is 8.41. The Labute approximate surface area is 211 Å². The number of hydrogen-bond donors (Lipinski definition) is 1. The molecule has 0 radical (unpaired) electrons. The van der Waals surface area contributed by atoms with E-state index in [1.807, 2.05) is 45.9 Å². The maximum absolute atomic E-state index is 13.3. The maximum atomic E-state index is 13.3. The predicted octanol–water partition coefficient (Wildman–Crippen LogP) is 4.05. The van der Waals surface area contributed by atoms with E-state index in [0.717, 1.165) is 51.8 Å². The fraction of sp³-hybridized carbons (Fsp3) is 0.346. The highest BCUT2D eigenvalue weighted by molar-refractivity contribution is 7.16. The number of carbonyl (C=O) groups is 1. The van der Waals surface area contributed by atoms with Gasteiger partial charge in [-0.05, 0) is 44.0 Å². The number of aromatic amines is 1. The molecule has 7 rings (SSSR count). The monoisotopic (exact) mass is 498 g/mol. The molecule has 10 heteroatoms. The maximum Gasteiger partial charge on any atom is 0.242 e. The molecule has 9 nitrogen and oxygen atoms in total. The number of pyridine rings is 1. The number of aromatic nitrogens is 6. The van der Waals surface area contributed by atoms with Crippen molar-refractivity contribution in [2.75, 3.05) is 24.5 Å². The molecule has 1 N–H and O–H groups in total. The molecule has 0 bridgehead atoms. The highest BCUT2D eigenvalue weighted by atomic mass is 32.1. The number of nitrogens with one attached hydrogen (secondary N) is 1. The van der Waals surface area contributed by atoms with Crippen molar-refractivity contribution < 1.29 is 4.79 Å². The number of piperazine rings is 1. The van der Waals surface area contributed by atoms with Gasteiger partial charge < -0.3 is 19.4 Å². The Morgan fingerprint density at radius 2 is 1.94 bits per heavy atom. The number of H-pyrrole nitrogens is 1. The Bertz CT molecular complexity index is 1550. The van der Waals surface area contributed by atoms with Crippen molar-refractivity contribution in [1.29, 1.82) is 0 Å². The quantitative estimate of drug-likeness (QED) is 0.393. The van der Waals surface area contributed by atoms with Gasteiger partial charge in [0.25, 0.3) is 0 Å². The number of fused-ring (bicyclic) bond motifs is 2. The Kier molecular flexibility index (Phi) is 5.02. The van der Waals surface area contributed by atoms with Crippen LogP contribution < -0.4 is 4.90 Å². The van der Waals surface area contributed by atoms with Crippen LogP contribution in [0.5, 0.6) is 0 Å². The number of nitrogens with zero attached hydrogens (tertiary/aromatic N) is 7. The first-order valence-corrected chi connectivity index (χ1v) is 13.2. The van der Waals surface area contributed by atoms with Gasteiger partial charge in [-0.3, -0.25) is 4.79 Å². The van der Waals surface area contributed by atoms with E-state index in [1.54, 1.807) is 23.9 Å². The van der Waals surface area contributed by atoms with E-state index in [2.05, 4.69) is 26.8 Å². The van der Waals surface area contributed by atoms with Gasteiger partial charge in [0, 0.05) is 37.8 Å². The molecular weight excluding hydrogens is 472 g/mol. The van der Waals surface area contributed by atoms with Gasteiger partial charge in [-0.1, -0.05) is 12.1 Å². The van der Waals surface area contributed by atoms with E-state index in [9.17, 15) is 4.79 Å². The van der Waals surface area contributed by atoms with E-state index < -0.39 is 0 Å². The zero-order valence-corrected chi connectivity index (χ0v) is 20.8.